The highest BCUT2D eigenvalue weighted by Gasteiger charge is 2.40. The summed E-state index contributed by atoms with van der Waals surface area (Å²) >= 11 is 6.07. The molecule has 1 heterocycles. The summed E-state index contributed by atoms with van der Waals surface area (Å²) in [7, 11) is 7.98. The molecule has 0 N–H and O–H groups in total. The van der Waals surface area contributed by atoms with Crippen molar-refractivity contribution in [3.8, 4) is 0 Å². The molecular formula is C14H23ClN4O. The van der Waals surface area contributed by atoms with Crippen molar-refractivity contribution in [2.24, 2.45) is 0 Å². The number of aromatic nitrogens is 2. The molecule has 20 heavy (non-hydrogen) atoms. The molecule has 1 aliphatic carbocycles. The van der Waals surface area contributed by atoms with E-state index in [2.05, 4.69) is 40.9 Å². The molecule has 0 spiro atoms. The summed E-state index contributed by atoms with van der Waals surface area (Å²) in [6.45, 7) is 1.32. The van der Waals surface area contributed by atoms with Crippen LogP contribution < -0.4 is 4.90 Å². The second kappa shape index (κ2) is 6.24. The van der Waals surface area contributed by atoms with Gasteiger partial charge in [-0.3, -0.25) is 0 Å². The summed E-state index contributed by atoms with van der Waals surface area (Å²) in [5, 5.41) is 0.460. The van der Waals surface area contributed by atoms with Crippen LogP contribution in [0, 0.1) is 0 Å². The second-order valence-corrected chi connectivity index (χ2v) is 6.11. The van der Waals surface area contributed by atoms with Gasteiger partial charge >= 0.3 is 0 Å². The quantitative estimate of drug-likeness (QED) is 0.753. The van der Waals surface area contributed by atoms with Crippen LogP contribution in [0.25, 0.3) is 0 Å². The van der Waals surface area contributed by atoms with Gasteiger partial charge in [0.15, 0.2) is 5.82 Å². The Morgan fingerprint density at radius 3 is 2.50 bits per heavy atom. The predicted molar refractivity (Wildman–Crippen MR) is 81.3 cm³/mol. The standard InChI is InChI=1S/C14H23ClN4O/c1-18(2)14(6-5-7-14)10-19(3)13-8-11(15)16-12(17-13)9-20-4/h8H,5-7,9-10H2,1-4H3. The van der Waals surface area contributed by atoms with Crippen molar-refractivity contribution in [3.05, 3.63) is 17.0 Å². The summed E-state index contributed by atoms with van der Waals surface area (Å²) in [4.78, 5) is 13.2. The third-order valence-corrected chi connectivity index (χ3v) is 4.35. The van der Waals surface area contributed by atoms with Crippen molar-refractivity contribution >= 4 is 17.4 Å². The zero-order valence-electron chi connectivity index (χ0n) is 12.7. The fraction of sp³-hybridized carbons (Fsp3) is 0.714. The minimum atomic E-state index is 0.258. The fourth-order valence-electron chi connectivity index (χ4n) is 2.69. The Hall–Kier alpha value is -0.910. The van der Waals surface area contributed by atoms with Crippen molar-refractivity contribution in [2.45, 2.75) is 31.4 Å². The Morgan fingerprint density at radius 2 is 2.00 bits per heavy atom. The Balaban J connectivity index is 2.14. The number of methoxy groups -OCH3 is 1. The Labute approximate surface area is 125 Å². The van der Waals surface area contributed by atoms with Crippen molar-refractivity contribution in [3.63, 3.8) is 0 Å². The smallest absolute Gasteiger partial charge is 0.158 e. The first-order valence-electron chi connectivity index (χ1n) is 6.88. The number of anilines is 1. The molecule has 2 rings (SSSR count). The summed E-state index contributed by atoms with van der Waals surface area (Å²) in [6, 6.07) is 1.81. The van der Waals surface area contributed by atoms with Crippen LogP contribution in [0.5, 0.6) is 0 Å². The van der Waals surface area contributed by atoms with Gasteiger partial charge in [-0.1, -0.05) is 11.6 Å². The molecule has 112 valence electrons. The maximum Gasteiger partial charge on any atom is 0.158 e. The molecule has 0 radical (unpaired) electrons. The lowest BCUT2D eigenvalue weighted by molar-refractivity contribution is 0.0681. The van der Waals surface area contributed by atoms with Crippen LogP contribution >= 0.6 is 11.6 Å². The summed E-state index contributed by atoms with van der Waals surface area (Å²) in [5.74, 6) is 1.47. The summed E-state index contributed by atoms with van der Waals surface area (Å²) in [6.07, 6.45) is 3.76. The van der Waals surface area contributed by atoms with E-state index in [4.69, 9.17) is 16.3 Å². The highest BCUT2D eigenvalue weighted by atomic mass is 35.5. The normalized spacial score (nSPS) is 17.1. The van der Waals surface area contributed by atoms with Crippen LogP contribution in [0.15, 0.2) is 6.07 Å². The van der Waals surface area contributed by atoms with Crippen molar-refractivity contribution < 1.29 is 4.74 Å². The van der Waals surface area contributed by atoms with Gasteiger partial charge in [0.25, 0.3) is 0 Å². The van der Waals surface area contributed by atoms with E-state index in [9.17, 15) is 0 Å². The van der Waals surface area contributed by atoms with Gasteiger partial charge in [-0.05, 0) is 33.4 Å². The van der Waals surface area contributed by atoms with E-state index in [1.165, 1.54) is 19.3 Å². The number of hydrogen-bond acceptors (Lipinski definition) is 5. The van der Waals surface area contributed by atoms with Gasteiger partial charge in [-0.2, -0.15) is 0 Å². The van der Waals surface area contributed by atoms with E-state index < -0.39 is 0 Å². The maximum atomic E-state index is 6.07. The Kier molecular flexibility index (Phi) is 4.83. The molecule has 0 aliphatic heterocycles. The molecule has 1 aliphatic rings. The summed E-state index contributed by atoms with van der Waals surface area (Å²) < 4.78 is 5.08. The van der Waals surface area contributed by atoms with Gasteiger partial charge < -0.3 is 14.5 Å². The van der Waals surface area contributed by atoms with Crippen molar-refractivity contribution in [1.29, 1.82) is 0 Å². The molecule has 0 amide bonds. The molecule has 0 unspecified atom stereocenters. The lowest BCUT2D eigenvalue weighted by atomic mass is 9.75. The maximum absolute atomic E-state index is 6.07. The van der Waals surface area contributed by atoms with E-state index in [1.807, 2.05) is 6.07 Å². The molecule has 1 aromatic rings. The van der Waals surface area contributed by atoms with Crippen LogP contribution in [0.2, 0.25) is 5.15 Å². The number of ether oxygens (including phenoxy) is 1. The zero-order valence-corrected chi connectivity index (χ0v) is 13.4. The molecule has 1 aromatic heterocycles. The molecule has 5 nitrogen and oxygen atoms in total. The molecule has 1 saturated carbocycles. The minimum absolute atomic E-state index is 0.258. The minimum Gasteiger partial charge on any atom is -0.377 e. The van der Waals surface area contributed by atoms with E-state index in [1.54, 1.807) is 7.11 Å². The van der Waals surface area contributed by atoms with Crippen LogP contribution in [0.1, 0.15) is 25.1 Å². The molecule has 0 bridgehead atoms. The van der Waals surface area contributed by atoms with Crippen molar-refractivity contribution in [2.75, 3.05) is 39.7 Å². The number of likely N-dealkylation sites (N-methyl/N-ethyl adjacent to an activating group) is 2. The van der Waals surface area contributed by atoms with Crippen LogP contribution in [0.3, 0.4) is 0 Å². The van der Waals surface area contributed by atoms with E-state index in [0.29, 0.717) is 17.6 Å². The van der Waals surface area contributed by atoms with Gasteiger partial charge in [-0.15, -0.1) is 0 Å². The third kappa shape index (κ3) is 3.22. The third-order valence-electron chi connectivity index (χ3n) is 4.16. The van der Waals surface area contributed by atoms with Gasteiger partial charge in [0.1, 0.15) is 17.6 Å². The average molecular weight is 299 g/mol. The lowest BCUT2D eigenvalue weighted by Crippen LogP contribution is -2.56. The average Bonchev–Trinajstić information content (AvgIpc) is 2.32. The molecular weight excluding hydrogens is 276 g/mol. The Morgan fingerprint density at radius 1 is 1.30 bits per heavy atom. The number of hydrogen-bond donors (Lipinski definition) is 0. The molecule has 0 aromatic carbocycles. The fourth-order valence-corrected chi connectivity index (χ4v) is 2.89. The molecule has 6 heteroatoms. The predicted octanol–water partition coefficient (Wildman–Crippen LogP) is 2.20. The number of rotatable bonds is 6. The van der Waals surface area contributed by atoms with Crippen LogP contribution in [-0.2, 0) is 11.3 Å². The number of halogens is 1. The SMILES string of the molecule is COCc1nc(Cl)cc(N(C)CC2(N(C)C)CCC2)n1. The van der Waals surface area contributed by atoms with Gasteiger partial charge in [-0.25, -0.2) is 9.97 Å². The first-order chi connectivity index (χ1) is 9.47. The van der Waals surface area contributed by atoms with E-state index in [0.717, 1.165) is 12.4 Å². The van der Waals surface area contributed by atoms with Crippen LogP contribution in [-0.4, -0.2) is 55.2 Å². The molecule has 0 atom stereocenters. The first-order valence-corrected chi connectivity index (χ1v) is 7.25. The summed E-state index contributed by atoms with van der Waals surface area (Å²) in [5.41, 5.74) is 0.258. The van der Waals surface area contributed by atoms with Crippen molar-refractivity contribution in [1.82, 2.24) is 14.9 Å². The second-order valence-electron chi connectivity index (χ2n) is 5.73. The highest BCUT2D eigenvalue weighted by Crippen LogP contribution is 2.37. The monoisotopic (exact) mass is 298 g/mol. The molecule has 0 saturated heterocycles. The zero-order chi connectivity index (χ0) is 14.8. The van der Waals surface area contributed by atoms with Gasteiger partial charge in [0.2, 0.25) is 0 Å². The molecule has 1 fully saturated rings. The topological polar surface area (TPSA) is 41.5 Å². The first kappa shape index (κ1) is 15.5. The largest absolute Gasteiger partial charge is 0.377 e. The van der Waals surface area contributed by atoms with Gasteiger partial charge in [0, 0.05) is 32.3 Å². The highest BCUT2D eigenvalue weighted by molar-refractivity contribution is 6.29. The van der Waals surface area contributed by atoms with Crippen LogP contribution in [0.4, 0.5) is 5.82 Å². The Bertz CT molecular complexity index is 462. The number of nitrogens with zero attached hydrogens (tertiary/aromatic N) is 4. The lowest BCUT2D eigenvalue weighted by Gasteiger charge is -2.49. The van der Waals surface area contributed by atoms with E-state index in [-0.39, 0.29) is 5.54 Å². The van der Waals surface area contributed by atoms with E-state index >= 15 is 0 Å². The van der Waals surface area contributed by atoms with Gasteiger partial charge in [0.05, 0.1) is 0 Å².